The average Bonchev–Trinajstić information content (AvgIpc) is 1.82. The molecular formula is C10H15F3. The predicted molar refractivity (Wildman–Crippen MR) is 48.4 cm³/mol. The lowest BCUT2D eigenvalue weighted by atomic mass is 9.84. The van der Waals surface area contributed by atoms with E-state index < -0.39 is 11.7 Å². The molecule has 0 rings (SSSR count). The minimum absolute atomic E-state index is 0.174. The fourth-order valence-corrected chi connectivity index (χ4v) is 0.623. The van der Waals surface area contributed by atoms with Crippen molar-refractivity contribution < 1.29 is 13.2 Å². The molecule has 0 fully saturated rings. The van der Waals surface area contributed by atoms with E-state index in [1.54, 1.807) is 0 Å². The van der Waals surface area contributed by atoms with Gasteiger partial charge in [0.2, 0.25) is 0 Å². The van der Waals surface area contributed by atoms with E-state index in [4.69, 9.17) is 0 Å². The molecule has 76 valence electrons. The molecule has 0 heterocycles. The Balaban J connectivity index is 4.34. The number of hydrogen-bond donors (Lipinski definition) is 0. The van der Waals surface area contributed by atoms with Crippen LogP contribution in [0.4, 0.5) is 13.2 Å². The number of rotatable bonds is 2. The molecule has 0 unspecified atom stereocenters. The molecule has 0 spiro atoms. The van der Waals surface area contributed by atoms with E-state index >= 15 is 0 Å². The zero-order valence-corrected chi connectivity index (χ0v) is 8.26. The Morgan fingerprint density at radius 1 is 1.00 bits per heavy atom. The monoisotopic (exact) mass is 192 g/mol. The molecule has 0 aromatic carbocycles. The van der Waals surface area contributed by atoms with Crippen LogP contribution in [0, 0.1) is 5.41 Å². The van der Waals surface area contributed by atoms with E-state index in [2.05, 4.69) is 13.2 Å². The Morgan fingerprint density at radius 3 is 1.62 bits per heavy atom. The maximum atomic E-state index is 12.1. The molecule has 0 radical (unpaired) electrons. The Labute approximate surface area is 77.1 Å². The fourth-order valence-electron chi connectivity index (χ4n) is 0.623. The highest BCUT2D eigenvalue weighted by atomic mass is 19.4. The van der Waals surface area contributed by atoms with Crippen LogP contribution in [0.1, 0.15) is 27.2 Å². The van der Waals surface area contributed by atoms with Crippen molar-refractivity contribution in [2.75, 3.05) is 0 Å². The number of allylic oxidation sites excluding steroid dienone is 2. The molecule has 0 aliphatic heterocycles. The molecule has 0 aliphatic rings. The van der Waals surface area contributed by atoms with Crippen molar-refractivity contribution in [3.05, 3.63) is 24.3 Å². The Bertz CT molecular complexity index is 191. The SMILES string of the molecule is C=C(CC(=C)C(F)(F)F)C(C)(C)C. The predicted octanol–water partition coefficient (Wildman–Crippen LogP) is 4.10. The summed E-state index contributed by atoms with van der Waals surface area (Å²) in [5.41, 5.74) is -0.476. The van der Waals surface area contributed by atoms with Crippen molar-refractivity contribution in [2.45, 2.75) is 33.4 Å². The molecule has 0 amide bonds. The molecule has 0 saturated heterocycles. The largest absolute Gasteiger partial charge is 0.412 e. The minimum Gasteiger partial charge on any atom is -0.166 e. The zero-order chi connectivity index (χ0) is 10.9. The van der Waals surface area contributed by atoms with Crippen LogP contribution in [0.2, 0.25) is 0 Å². The topological polar surface area (TPSA) is 0 Å². The summed E-state index contributed by atoms with van der Waals surface area (Å²) >= 11 is 0. The van der Waals surface area contributed by atoms with Gasteiger partial charge in [0.15, 0.2) is 0 Å². The van der Waals surface area contributed by atoms with Crippen molar-refractivity contribution in [3.8, 4) is 0 Å². The third-order valence-corrected chi connectivity index (χ3v) is 1.89. The summed E-state index contributed by atoms with van der Waals surface area (Å²) in [5.74, 6) is 0. The third-order valence-electron chi connectivity index (χ3n) is 1.89. The number of halogens is 3. The van der Waals surface area contributed by atoms with Crippen LogP contribution < -0.4 is 0 Å². The van der Waals surface area contributed by atoms with Gasteiger partial charge in [-0.3, -0.25) is 0 Å². The third kappa shape index (κ3) is 4.15. The Kier molecular flexibility index (Phi) is 3.36. The molecule has 0 bridgehead atoms. The van der Waals surface area contributed by atoms with Gasteiger partial charge >= 0.3 is 6.18 Å². The molecule has 13 heavy (non-hydrogen) atoms. The van der Waals surface area contributed by atoms with Crippen LogP contribution >= 0.6 is 0 Å². The van der Waals surface area contributed by atoms with E-state index in [9.17, 15) is 13.2 Å². The summed E-state index contributed by atoms with van der Waals surface area (Å²) in [6, 6.07) is 0. The van der Waals surface area contributed by atoms with E-state index in [0.717, 1.165) is 0 Å². The zero-order valence-electron chi connectivity index (χ0n) is 8.26. The highest BCUT2D eigenvalue weighted by Gasteiger charge is 2.33. The molecule has 0 nitrogen and oxygen atoms in total. The fraction of sp³-hybridized carbons (Fsp3) is 0.600. The summed E-state index contributed by atoms with van der Waals surface area (Å²) in [4.78, 5) is 0. The van der Waals surface area contributed by atoms with Gasteiger partial charge in [0.1, 0.15) is 0 Å². The van der Waals surface area contributed by atoms with E-state index in [0.29, 0.717) is 5.57 Å². The van der Waals surface area contributed by atoms with Crippen molar-refractivity contribution in [2.24, 2.45) is 5.41 Å². The lowest BCUT2D eigenvalue weighted by Crippen LogP contribution is -2.15. The standard InChI is InChI=1S/C10H15F3/c1-7(9(3,4)5)6-8(2)10(11,12)13/h1-2,6H2,3-5H3. The maximum absolute atomic E-state index is 12.1. The molecule has 0 saturated carbocycles. The second kappa shape index (κ2) is 3.56. The number of hydrogen-bond acceptors (Lipinski definition) is 0. The van der Waals surface area contributed by atoms with Crippen molar-refractivity contribution >= 4 is 0 Å². The van der Waals surface area contributed by atoms with E-state index in [1.807, 2.05) is 20.8 Å². The van der Waals surface area contributed by atoms with Crippen LogP contribution in [-0.4, -0.2) is 6.18 Å². The highest BCUT2D eigenvalue weighted by molar-refractivity contribution is 5.18. The van der Waals surface area contributed by atoms with Crippen LogP contribution in [-0.2, 0) is 0 Å². The smallest absolute Gasteiger partial charge is 0.166 e. The van der Waals surface area contributed by atoms with Crippen LogP contribution in [0.25, 0.3) is 0 Å². The molecule has 0 atom stereocenters. The van der Waals surface area contributed by atoms with Crippen molar-refractivity contribution in [1.29, 1.82) is 0 Å². The molecule has 3 heteroatoms. The second-order valence-electron chi connectivity index (χ2n) is 4.13. The van der Waals surface area contributed by atoms with Gasteiger partial charge in [-0.15, -0.1) is 0 Å². The maximum Gasteiger partial charge on any atom is 0.412 e. The van der Waals surface area contributed by atoms with Crippen molar-refractivity contribution in [1.82, 2.24) is 0 Å². The van der Waals surface area contributed by atoms with Gasteiger partial charge in [0, 0.05) is 5.57 Å². The summed E-state index contributed by atoms with van der Waals surface area (Å²) < 4.78 is 36.2. The summed E-state index contributed by atoms with van der Waals surface area (Å²) in [5, 5.41) is 0. The van der Waals surface area contributed by atoms with E-state index in [1.165, 1.54) is 0 Å². The molecular weight excluding hydrogens is 177 g/mol. The van der Waals surface area contributed by atoms with Crippen molar-refractivity contribution in [3.63, 3.8) is 0 Å². The molecule has 0 aromatic rings. The quantitative estimate of drug-likeness (QED) is 0.578. The number of alkyl halides is 3. The Hall–Kier alpha value is -0.730. The minimum atomic E-state index is -4.30. The second-order valence-corrected chi connectivity index (χ2v) is 4.13. The Morgan fingerprint density at radius 2 is 1.38 bits per heavy atom. The first-order valence-electron chi connectivity index (χ1n) is 3.98. The first-order chi connectivity index (χ1) is 5.55. The van der Waals surface area contributed by atoms with Gasteiger partial charge in [-0.1, -0.05) is 39.5 Å². The normalized spacial score (nSPS) is 12.8. The van der Waals surface area contributed by atoms with Gasteiger partial charge in [-0.25, -0.2) is 0 Å². The summed E-state index contributed by atoms with van der Waals surface area (Å²) in [7, 11) is 0. The van der Waals surface area contributed by atoms with E-state index in [-0.39, 0.29) is 11.8 Å². The summed E-state index contributed by atoms with van der Waals surface area (Å²) in [6.07, 6.45) is -4.47. The van der Waals surface area contributed by atoms with Crippen LogP contribution in [0.3, 0.4) is 0 Å². The van der Waals surface area contributed by atoms with Gasteiger partial charge in [0.05, 0.1) is 0 Å². The lowest BCUT2D eigenvalue weighted by Gasteiger charge is -2.23. The summed E-state index contributed by atoms with van der Waals surface area (Å²) in [6.45, 7) is 12.1. The van der Waals surface area contributed by atoms with Crippen LogP contribution in [0.15, 0.2) is 24.3 Å². The van der Waals surface area contributed by atoms with Gasteiger partial charge in [-0.05, 0) is 11.8 Å². The average molecular weight is 192 g/mol. The van der Waals surface area contributed by atoms with Crippen LogP contribution in [0.5, 0.6) is 0 Å². The van der Waals surface area contributed by atoms with Gasteiger partial charge < -0.3 is 0 Å². The highest BCUT2D eigenvalue weighted by Crippen LogP contribution is 2.34. The molecule has 0 aromatic heterocycles. The molecule has 0 aliphatic carbocycles. The first kappa shape index (κ1) is 12.3. The first-order valence-corrected chi connectivity index (χ1v) is 3.98. The molecule has 0 N–H and O–H groups in total. The van der Waals surface area contributed by atoms with Gasteiger partial charge in [-0.2, -0.15) is 13.2 Å². The lowest BCUT2D eigenvalue weighted by molar-refractivity contribution is -0.0929. The van der Waals surface area contributed by atoms with Gasteiger partial charge in [0.25, 0.3) is 0 Å².